The molecule has 21 heavy (non-hydrogen) atoms. The van der Waals surface area contributed by atoms with E-state index in [0.717, 1.165) is 34.6 Å². The summed E-state index contributed by atoms with van der Waals surface area (Å²) in [4.78, 5) is 13.0. The number of anilines is 1. The minimum atomic E-state index is 0.0769. The van der Waals surface area contributed by atoms with E-state index in [0.29, 0.717) is 5.82 Å². The molecule has 1 saturated carbocycles. The first-order chi connectivity index (χ1) is 10.2. The van der Waals surface area contributed by atoms with Gasteiger partial charge in [0.15, 0.2) is 5.82 Å². The number of hydrogen-bond donors (Lipinski definition) is 1. The molecular weight excluding hydrogens is 264 g/mol. The molecule has 0 saturated heterocycles. The fraction of sp³-hybridized carbons (Fsp3) is 0.375. The van der Waals surface area contributed by atoms with E-state index in [9.17, 15) is 4.79 Å². The Morgan fingerprint density at radius 2 is 1.86 bits per heavy atom. The van der Waals surface area contributed by atoms with Gasteiger partial charge in [-0.1, -0.05) is 31.0 Å². The predicted octanol–water partition coefficient (Wildman–Crippen LogP) is 2.59. The van der Waals surface area contributed by atoms with Crippen molar-refractivity contribution < 1.29 is 0 Å². The Morgan fingerprint density at radius 1 is 1.19 bits per heavy atom. The van der Waals surface area contributed by atoms with Crippen LogP contribution < -0.4 is 11.3 Å². The molecule has 2 aromatic heterocycles. The summed E-state index contributed by atoms with van der Waals surface area (Å²) >= 11 is 0. The molecule has 0 atom stereocenters. The molecule has 0 spiro atoms. The van der Waals surface area contributed by atoms with Crippen LogP contribution in [0.25, 0.3) is 21.8 Å². The third kappa shape index (κ3) is 1.63. The molecule has 0 radical (unpaired) electrons. The van der Waals surface area contributed by atoms with Gasteiger partial charge >= 0.3 is 0 Å². The summed E-state index contributed by atoms with van der Waals surface area (Å²) in [5.41, 5.74) is 7.04. The molecule has 4 rings (SSSR count). The Morgan fingerprint density at radius 3 is 2.57 bits per heavy atom. The quantitative estimate of drug-likeness (QED) is 0.746. The number of aromatic nitrogens is 3. The van der Waals surface area contributed by atoms with E-state index in [1.165, 1.54) is 12.8 Å². The number of nitrogen functional groups attached to an aromatic ring is 1. The monoisotopic (exact) mass is 282 g/mol. The summed E-state index contributed by atoms with van der Waals surface area (Å²) < 4.78 is 3.67. The molecule has 1 aliphatic rings. The topological polar surface area (TPSA) is 65.8 Å². The Bertz CT molecular complexity index is 900. The van der Waals surface area contributed by atoms with Crippen LogP contribution in [0.5, 0.6) is 0 Å². The maximum Gasteiger partial charge on any atom is 0.260 e. The summed E-state index contributed by atoms with van der Waals surface area (Å²) in [7, 11) is 1.86. The molecule has 1 aromatic carbocycles. The molecule has 5 heteroatoms. The van der Waals surface area contributed by atoms with Crippen LogP contribution >= 0.6 is 0 Å². The second-order valence-electron chi connectivity index (χ2n) is 5.87. The number of hydrogen-bond acceptors (Lipinski definition) is 3. The van der Waals surface area contributed by atoms with Crippen LogP contribution in [0.2, 0.25) is 0 Å². The van der Waals surface area contributed by atoms with E-state index in [2.05, 4.69) is 5.10 Å². The molecule has 5 nitrogen and oxygen atoms in total. The summed E-state index contributed by atoms with van der Waals surface area (Å²) in [5, 5.41) is 6.88. The van der Waals surface area contributed by atoms with E-state index in [1.54, 1.807) is 4.68 Å². The van der Waals surface area contributed by atoms with Crippen molar-refractivity contribution in [1.82, 2.24) is 14.3 Å². The third-order valence-corrected chi connectivity index (χ3v) is 4.61. The van der Waals surface area contributed by atoms with Crippen LogP contribution in [0.4, 0.5) is 5.82 Å². The number of pyridine rings is 1. The largest absolute Gasteiger partial charge is 0.382 e. The first-order valence-corrected chi connectivity index (χ1v) is 7.44. The average molecular weight is 282 g/mol. The summed E-state index contributed by atoms with van der Waals surface area (Å²) in [6.45, 7) is 0. The van der Waals surface area contributed by atoms with Crippen molar-refractivity contribution in [1.29, 1.82) is 0 Å². The smallest absolute Gasteiger partial charge is 0.260 e. The van der Waals surface area contributed by atoms with E-state index in [4.69, 9.17) is 5.73 Å². The van der Waals surface area contributed by atoms with Gasteiger partial charge in [-0.3, -0.25) is 9.36 Å². The first kappa shape index (κ1) is 12.4. The number of rotatable bonds is 1. The lowest BCUT2D eigenvalue weighted by atomic mass is 10.1. The second kappa shape index (κ2) is 4.35. The van der Waals surface area contributed by atoms with Gasteiger partial charge in [0, 0.05) is 23.9 Å². The van der Waals surface area contributed by atoms with Crippen LogP contribution in [0.1, 0.15) is 31.7 Å². The van der Waals surface area contributed by atoms with Gasteiger partial charge < -0.3 is 5.73 Å². The van der Waals surface area contributed by atoms with E-state index in [-0.39, 0.29) is 11.6 Å². The molecule has 0 aliphatic heterocycles. The summed E-state index contributed by atoms with van der Waals surface area (Å²) in [6.07, 6.45) is 4.47. The zero-order valence-corrected chi connectivity index (χ0v) is 12.0. The molecule has 108 valence electrons. The summed E-state index contributed by atoms with van der Waals surface area (Å²) in [5.74, 6) is 0.496. The fourth-order valence-corrected chi connectivity index (χ4v) is 3.68. The molecule has 0 unspecified atom stereocenters. The highest BCUT2D eigenvalue weighted by atomic mass is 16.1. The highest BCUT2D eigenvalue weighted by Gasteiger charge is 2.24. The minimum Gasteiger partial charge on any atom is -0.382 e. The predicted molar refractivity (Wildman–Crippen MR) is 84.4 cm³/mol. The maximum atomic E-state index is 13.0. The van der Waals surface area contributed by atoms with Gasteiger partial charge in [0.25, 0.3) is 5.56 Å². The SMILES string of the molecule is Cn1nc(N)c2c3ccccc3c(=O)n(C3CCCC3)c21. The minimum absolute atomic E-state index is 0.0769. The first-order valence-electron chi connectivity index (χ1n) is 7.44. The highest BCUT2D eigenvalue weighted by Crippen LogP contribution is 2.34. The molecule has 2 heterocycles. The van der Waals surface area contributed by atoms with Crippen molar-refractivity contribution in [2.75, 3.05) is 5.73 Å². The van der Waals surface area contributed by atoms with Gasteiger partial charge in [-0.2, -0.15) is 5.10 Å². The third-order valence-electron chi connectivity index (χ3n) is 4.61. The molecule has 2 N–H and O–H groups in total. The molecule has 0 bridgehead atoms. The lowest BCUT2D eigenvalue weighted by Crippen LogP contribution is -2.25. The Balaban J connectivity index is 2.24. The van der Waals surface area contributed by atoms with Crippen LogP contribution in [0, 0.1) is 0 Å². The zero-order chi connectivity index (χ0) is 14.6. The standard InChI is InChI=1S/C16H18N4O/c1-19-15-13(14(17)18-19)11-8-4-5-9-12(11)16(21)20(15)10-6-2-3-7-10/h4-5,8-10H,2-3,6-7H2,1H3,(H2,17,18). The lowest BCUT2D eigenvalue weighted by molar-refractivity contribution is 0.510. The van der Waals surface area contributed by atoms with Crippen molar-refractivity contribution in [3.8, 4) is 0 Å². The molecule has 1 fully saturated rings. The Kier molecular flexibility index (Phi) is 2.58. The Hall–Kier alpha value is -2.30. The number of benzene rings is 1. The fourth-order valence-electron chi connectivity index (χ4n) is 3.68. The maximum absolute atomic E-state index is 13.0. The molecule has 0 amide bonds. The van der Waals surface area contributed by atoms with Crippen molar-refractivity contribution in [3.05, 3.63) is 34.6 Å². The Labute approximate surface area is 122 Å². The van der Waals surface area contributed by atoms with Gasteiger partial charge in [-0.15, -0.1) is 0 Å². The van der Waals surface area contributed by atoms with Crippen molar-refractivity contribution in [3.63, 3.8) is 0 Å². The van der Waals surface area contributed by atoms with Crippen LogP contribution in [-0.4, -0.2) is 14.3 Å². The van der Waals surface area contributed by atoms with E-state index in [1.807, 2.05) is 35.9 Å². The average Bonchev–Trinajstić information content (AvgIpc) is 3.09. The van der Waals surface area contributed by atoms with Gasteiger partial charge in [0.05, 0.1) is 5.39 Å². The normalized spacial score (nSPS) is 16.2. The number of nitrogens with zero attached hydrogens (tertiary/aromatic N) is 3. The van der Waals surface area contributed by atoms with Gasteiger partial charge in [0.2, 0.25) is 0 Å². The highest BCUT2D eigenvalue weighted by molar-refractivity contribution is 6.09. The van der Waals surface area contributed by atoms with Crippen LogP contribution in [0.3, 0.4) is 0 Å². The molecular formula is C16H18N4O. The number of fused-ring (bicyclic) bond motifs is 3. The lowest BCUT2D eigenvalue weighted by Gasteiger charge is -2.17. The van der Waals surface area contributed by atoms with E-state index >= 15 is 0 Å². The van der Waals surface area contributed by atoms with Crippen molar-refractivity contribution >= 4 is 27.6 Å². The molecule has 1 aliphatic carbocycles. The van der Waals surface area contributed by atoms with Gasteiger partial charge in [-0.05, 0) is 18.9 Å². The number of nitrogens with two attached hydrogens (primary N) is 1. The number of aryl methyl sites for hydroxylation is 1. The van der Waals surface area contributed by atoms with Crippen molar-refractivity contribution in [2.24, 2.45) is 7.05 Å². The van der Waals surface area contributed by atoms with Gasteiger partial charge in [0.1, 0.15) is 5.65 Å². The van der Waals surface area contributed by atoms with E-state index < -0.39 is 0 Å². The second-order valence-corrected chi connectivity index (χ2v) is 5.87. The van der Waals surface area contributed by atoms with Gasteiger partial charge in [-0.25, -0.2) is 4.68 Å². The van der Waals surface area contributed by atoms with Crippen LogP contribution in [-0.2, 0) is 7.05 Å². The summed E-state index contributed by atoms with van der Waals surface area (Å²) in [6, 6.07) is 7.94. The van der Waals surface area contributed by atoms with Crippen molar-refractivity contribution in [2.45, 2.75) is 31.7 Å². The van der Waals surface area contributed by atoms with Crippen LogP contribution in [0.15, 0.2) is 29.1 Å². The zero-order valence-electron chi connectivity index (χ0n) is 12.0. The molecule has 3 aromatic rings.